The quantitative estimate of drug-likeness (QED) is 0.716. The van der Waals surface area contributed by atoms with Gasteiger partial charge < -0.3 is 4.90 Å². The third-order valence-electron chi connectivity index (χ3n) is 3.25. The summed E-state index contributed by atoms with van der Waals surface area (Å²) in [6.07, 6.45) is 1.23. The minimum Gasteiger partial charge on any atom is -0.338 e. The van der Waals surface area contributed by atoms with E-state index in [2.05, 4.69) is 36.4 Å². The summed E-state index contributed by atoms with van der Waals surface area (Å²) in [5, 5.41) is 0. The van der Waals surface area contributed by atoms with Crippen LogP contribution in [-0.2, 0) is 0 Å². The molecular formula is C14H18INO. The fourth-order valence-electron chi connectivity index (χ4n) is 2.60. The van der Waals surface area contributed by atoms with E-state index in [1.54, 1.807) is 0 Å². The lowest BCUT2D eigenvalue weighted by molar-refractivity contribution is 0.0623. The molecule has 0 spiro atoms. The molecule has 2 nitrogen and oxygen atoms in total. The third kappa shape index (κ3) is 3.21. The van der Waals surface area contributed by atoms with Gasteiger partial charge in [-0.1, -0.05) is 13.8 Å². The number of carbonyl (C=O) groups excluding carboxylic acids is 1. The Bertz CT molecular complexity index is 391. The van der Waals surface area contributed by atoms with Crippen molar-refractivity contribution in [2.45, 2.75) is 20.3 Å². The fourth-order valence-corrected chi connectivity index (χ4v) is 2.96. The van der Waals surface area contributed by atoms with Gasteiger partial charge in [0, 0.05) is 22.2 Å². The molecule has 0 aliphatic carbocycles. The molecule has 1 aromatic carbocycles. The van der Waals surface area contributed by atoms with Gasteiger partial charge in [-0.3, -0.25) is 4.79 Å². The van der Waals surface area contributed by atoms with Crippen molar-refractivity contribution in [3.8, 4) is 0 Å². The number of carbonyl (C=O) groups is 1. The van der Waals surface area contributed by atoms with E-state index in [1.165, 1.54) is 9.99 Å². The molecule has 0 unspecified atom stereocenters. The molecule has 1 aromatic rings. The fraction of sp³-hybridized carbons (Fsp3) is 0.500. The van der Waals surface area contributed by atoms with Crippen LogP contribution in [0.1, 0.15) is 30.6 Å². The maximum absolute atomic E-state index is 12.3. The number of piperidine rings is 1. The van der Waals surface area contributed by atoms with Crippen molar-refractivity contribution in [2.75, 3.05) is 13.1 Å². The first-order valence-electron chi connectivity index (χ1n) is 6.11. The molecule has 2 atom stereocenters. The van der Waals surface area contributed by atoms with Crippen molar-refractivity contribution >= 4 is 28.5 Å². The molecule has 0 N–H and O–H groups in total. The van der Waals surface area contributed by atoms with Crippen LogP contribution in [0.2, 0.25) is 0 Å². The Hall–Kier alpha value is -0.580. The monoisotopic (exact) mass is 343 g/mol. The Morgan fingerprint density at radius 1 is 1.18 bits per heavy atom. The molecule has 0 radical (unpaired) electrons. The van der Waals surface area contributed by atoms with Gasteiger partial charge in [-0.2, -0.15) is 0 Å². The van der Waals surface area contributed by atoms with Crippen LogP contribution >= 0.6 is 22.6 Å². The molecule has 1 aliphatic rings. The molecular weight excluding hydrogens is 325 g/mol. The van der Waals surface area contributed by atoms with Crippen molar-refractivity contribution in [2.24, 2.45) is 11.8 Å². The molecule has 1 saturated heterocycles. The van der Waals surface area contributed by atoms with Gasteiger partial charge in [0.25, 0.3) is 5.91 Å². The zero-order chi connectivity index (χ0) is 12.4. The number of nitrogens with zero attached hydrogens (tertiary/aromatic N) is 1. The minimum absolute atomic E-state index is 0.180. The number of halogens is 1. The largest absolute Gasteiger partial charge is 0.338 e. The molecule has 1 aliphatic heterocycles. The smallest absolute Gasteiger partial charge is 0.253 e. The summed E-state index contributed by atoms with van der Waals surface area (Å²) >= 11 is 2.26. The van der Waals surface area contributed by atoms with Crippen molar-refractivity contribution < 1.29 is 4.79 Å². The summed E-state index contributed by atoms with van der Waals surface area (Å²) in [6.45, 7) is 6.25. The van der Waals surface area contributed by atoms with Gasteiger partial charge >= 0.3 is 0 Å². The van der Waals surface area contributed by atoms with Crippen LogP contribution in [0.3, 0.4) is 0 Å². The molecule has 1 fully saturated rings. The molecule has 0 saturated carbocycles. The second-order valence-corrected chi connectivity index (χ2v) is 6.41. The Morgan fingerprint density at radius 2 is 1.71 bits per heavy atom. The van der Waals surface area contributed by atoms with Crippen molar-refractivity contribution in [3.63, 3.8) is 0 Å². The lowest BCUT2D eigenvalue weighted by Crippen LogP contribution is -2.42. The first kappa shape index (κ1) is 12.9. The highest BCUT2D eigenvalue weighted by Crippen LogP contribution is 2.22. The van der Waals surface area contributed by atoms with E-state index in [1.807, 2.05) is 29.2 Å². The molecule has 0 bridgehead atoms. The highest BCUT2D eigenvalue weighted by atomic mass is 127. The molecule has 3 heteroatoms. The maximum atomic E-state index is 12.3. The second-order valence-electron chi connectivity index (χ2n) is 5.16. The number of hydrogen-bond donors (Lipinski definition) is 0. The molecule has 0 aromatic heterocycles. The van der Waals surface area contributed by atoms with Gasteiger partial charge in [0.05, 0.1) is 0 Å². The highest BCUT2D eigenvalue weighted by molar-refractivity contribution is 14.1. The van der Waals surface area contributed by atoms with E-state index >= 15 is 0 Å². The summed E-state index contributed by atoms with van der Waals surface area (Å²) in [4.78, 5) is 14.3. The second kappa shape index (κ2) is 5.38. The van der Waals surface area contributed by atoms with Gasteiger partial charge in [0.2, 0.25) is 0 Å². The molecule has 1 amide bonds. The van der Waals surface area contributed by atoms with Crippen LogP contribution in [0.25, 0.3) is 0 Å². The summed E-state index contributed by atoms with van der Waals surface area (Å²) in [5.74, 6) is 1.41. The Kier molecular flexibility index (Phi) is 4.07. The first-order chi connectivity index (χ1) is 8.06. The minimum atomic E-state index is 0.180. The Labute approximate surface area is 117 Å². The van der Waals surface area contributed by atoms with E-state index in [4.69, 9.17) is 0 Å². The van der Waals surface area contributed by atoms with Crippen molar-refractivity contribution in [1.82, 2.24) is 4.90 Å². The third-order valence-corrected chi connectivity index (χ3v) is 3.97. The van der Waals surface area contributed by atoms with E-state index in [9.17, 15) is 4.79 Å². The van der Waals surface area contributed by atoms with Crippen molar-refractivity contribution in [3.05, 3.63) is 33.4 Å². The number of hydrogen-bond acceptors (Lipinski definition) is 1. The van der Waals surface area contributed by atoms with Gasteiger partial charge in [0.1, 0.15) is 0 Å². The normalized spacial score (nSPS) is 24.8. The summed E-state index contributed by atoms with van der Waals surface area (Å²) < 4.78 is 1.17. The van der Waals surface area contributed by atoms with Crippen LogP contribution in [0, 0.1) is 15.4 Å². The van der Waals surface area contributed by atoms with Crippen LogP contribution in [0.15, 0.2) is 24.3 Å². The van der Waals surface area contributed by atoms with E-state index in [-0.39, 0.29) is 5.91 Å². The SMILES string of the molecule is C[C@H]1C[C@H](C)CN(C(=O)c2ccc(I)cc2)C1. The average Bonchev–Trinajstić information content (AvgIpc) is 2.28. The Morgan fingerprint density at radius 3 is 2.24 bits per heavy atom. The summed E-state index contributed by atoms with van der Waals surface area (Å²) in [6, 6.07) is 7.83. The van der Waals surface area contributed by atoms with Crippen LogP contribution < -0.4 is 0 Å². The topological polar surface area (TPSA) is 20.3 Å². The van der Waals surface area contributed by atoms with Crippen LogP contribution in [0.5, 0.6) is 0 Å². The van der Waals surface area contributed by atoms with Gasteiger partial charge in [-0.05, 0) is 65.1 Å². The maximum Gasteiger partial charge on any atom is 0.253 e. The molecule has 92 valence electrons. The molecule has 2 rings (SSSR count). The summed E-state index contributed by atoms with van der Waals surface area (Å²) in [7, 11) is 0. The average molecular weight is 343 g/mol. The van der Waals surface area contributed by atoms with Gasteiger partial charge in [-0.15, -0.1) is 0 Å². The molecule has 1 heterocycles. The first-order valence-corrected chi connectivity index (χ1v) is 7.19. The number of rotatable bonds is 1. The molecule has 17 heavy (non-hydrogen) atoms. The van der Waals surface area contributed by atoms with Crippen LogP contribution in [0.4, 0.5) is 0 Å². The number of benzene rings is 1. The van der Waals surface area contributed by atoms with E-state index in [0.717, 1.165) is 18.7 Å². The van der Waals surface area contributed by atoms with Gasteiger partial charge in [-0.25, -0.2) is 0 Å². The Balaban J connectivity index is 2.11. The lowest BCUT2D eigenvalue weighted by atomic mass is 9.91. The highest BCUT2D eigenvalue weighted by Gasteiger charge is 2.25. The lowest BCUT2D eigenvalue weighted by Gasteiger charge is -2.35. The number of likely N-dealkylation sites (tertiary alicyclic amines) is 1. The van der Waals surface area contributed by atoms with Crippen molar-refractivity contribution in [1.29, 1.82) is 0 Å². The van der Waals surface area contributed by atoms with E-state index < -0.39 is 0 Å². The van der Waals surface area contributed by atoms with E-state index in [0.29, 0.717) is 11.8 Å². The summed E-state index contributed by atoms with van der Waals surface area (Å²) in [5.41, 5.74) is 0.812. The van der Waals surface area contributed by atoms with Gasteiger partial charge in [0.15, 0.2) is 0 Å². The zero-order valence-electron chi connectivity index (χ0n) is 10.3. The predicted octanol–water partition coefficient (Wildman–Crippen LogP) is 3.41. The number of amides is 1. The zero-order valence-corrected chi connectivity index (χ0v) is 12.5. The van der Waals surface area contributed by atoms with Crippen LogP contribution in [-0.4, -0.2) is 23.9 Å². The predicted molar refractivity (Wildman–Crippen MR) is 78.0 cm³/mol. The standard InChI is InChI=1S/C14H18INO/c1-10-7-11(2)9-16(8-10)14(17)12-3-5-13(15)6-4-12/h3-6,10-11H,7-9H2,1-2H3/t10-,11-/m0/s1.